The molecule has 0 saturated carbocycles. The second kappa shape index (κ2) is 4.35. The monoisotopic (exact) mass is 214 g/mol. The van der Waals surface area contributed by atoms with Crippen LogP contribution in [-0.2, 0) is 0 Å². The molecule has 0 amide bonds. The SMILES string of the molecule is CC(C)(CO)COc1occc1C(=O)O. The number of hydrogen-bond acceptors (Lipinski definition) is 4. The highest BCUT2D eigenvalue weighted by atomic mass is 16.6. The maximum Gasteiger partial charge on any atom is 0.343 e. The molecule has 2 N–H and O–H groups in total. The Hall–Kier alpha value is -1.49. The Labute approximate surface area is 87.3 Å². The molecule has 0 atom stereocenters. The van der Waals surface area contributed by atoms with Gasteiger partial charge in [-0.25, -0.2) is 4.79 Å². The van der Waals surface area contributed by atoms with Gasteiger partial charge in [-0.3, -0.25) is 0 Å². The first-order valence-electron chi connectivity index (χ1n) is 4.51. The zero-order chi connectivity index (χ0) is 11.5. The van der Waals surface area contributed by atoms with Crippen LogP contribution in [0.15, 0.2) is 16.7 Å². The van der Waals surface area contributed by atoms with Gasteiger partial charge in [0, 0.05) is 5.41 Å². The number of carboxylic acids is 1. The van der Waals surface area contributed by atoms with Crippen LogP contribution < -0.4 is 4.74 Å². The Morgan fingerprint density at radius 3 is 2.80 bits per heavy atom. The lowest BCUT2D eigenvalue weighted by Crippen LogP contribution is -2.25. The highest BCUT2D eigenvalue weighted by molar-refractivity contribution is 5.89. The zero-order valence-electron chi connectivity index (χ0n) is 8.69. The van der Waals surface area contributed by atoms with Gasteiger partial charge in [-0.15, -0.1) is 0 Å². The van der Waals surface area contributed by atoms with Crippen molar-refractivity contribution in [3.63, 3.8) is 0 Å². The molecule has 1 heterocycles. The van der Waals surface area contributed by atoms with E-state index in [1.807, 2.05) is 0 Å². The van der Waals surface area contributed by atoms with Gasteiger partial charge in [0.25, 0.3) is 5.95 Å². The summed E-state index contributed by atoms with van der Waals surface area (Å²) in [7, 11) is 0. The van der Waals surface area contributed by atoms with E-state index in [1.165, 1.54) is 12.3 Å². The summed E-state index contributed by atoms with van der Waals surface area (Å²) >= 11 is 0. The first-order valence-corrected chi connectivity index (χ1v) is 4.51. The van der Waals surface area contributed by atoms with Gasteiger partial charge in [-0.2, -0.15) is 0 Å². The Bertz CT molecular complexity index is 339. The summed E-state index contributed by atoms with van der Waals surface area (Å²) in [6.07, 6.45) is 1.25. The number of aliphatic hydroxyl groups excluding tert-OH is 1. The summed E-state index contributed by atoms with van der Waals surface area (Å²) in [6, 6.07) is 1.32. The molecular weight excluding hydrogens is 200 g/mol. The van der Waals surface area contributed by atoms with Crippen LogP contribution in [0.5, 0.6) is 5.95 Å². The summed E-state index contributed by atoms with van der Waals surface area (Å²) in [5.74, 6) is -1.12. The van der Waals surface area contributed by atoms with Crippen LogP contribution in [-0.4, -0.2) is 29.4 Å². The van der Waals surface area contributed by atoms with E-state index in [2.05, 4.69) is 0 Å². The van der Waals surface area contributed by atoms with Crippen LogP contribution in [0.3, 0.4) is 0 Å². The van der Waals surface area contributed by atoms with Gasteiger partial charge < -0.3 is 19.4 Å². The van der Waals surface area contributed by atoms with E-state index < -0.39 is 11.4 Å². The van der Waals surface area contributed by atoms with Crippen molar-refractivity contribution in [3.05, 3.63) is 17.9 Å². The molecule has 0 unspecified atom stereocenters. The van der Waals surface area contributed by atoms with Crippen molar-refractivity contribution < 1.29 is 24.2 Å². The summed E-state index contributed by atoms with van der Waals surface area (Å²) in [4.78, 5) is 10.7. The number of furan rings is 1. The van der Waals surface area contributed by atoms with Gasteiger partial charge in [0.15, 0.2) is 0 Å². The minimum Gasteiger partial charge on any atom is -0.477 e. The first-order chi connectivity index (χ1) is 6.96. The number of ether oxygens (including phenoxy) is 1. The summed E-state index contributed by atoms with van der Waals surface area (Å²) < 4.78 is 10.1. The largest absolute Gasteiger partial charge is 0.477 e. The third kappa shape index (κ3) is 2.99. The van der Waals surface area contributed by atoms with E-state index in [1.54, 1.807) is 13.8 Å². The number of aliphatic hydroxyl groups is 1. The van der Waals surface area contributed by atoms with E-state index in [0.717, 1.165) is 0 Å². The van der Waals surface area contributed by atoms with E-state index in [-0.39, 0.29) is 24.7 Å². The maximum absolute atomic E-state index is 10.7. The molecule has 0 aromatic carbocycles. The Kier molecular flexibility index (Phi) is 3.36. The fourth-order valence-corrected chi connectivity index (χ4v) is 0.872. The highest BCUT2D eigenvalue weighted by Gasteiger charge is 2.21. The summed E-state index contributed by atoms with van der Waals surface area (Å²) in [5.41, 5.74) is -0.438. The van der Waals surface area contributed by atoms with Crippen molar-refractivity contribution in [2.45, 2.75) is 13.8 Å². The maximum atomic E-state index is 10.7. The average Bonchev–Trinajstić information content (AvgIpc) is 2.63. The molecule has 15 heavy (non-hydrogen) atoms. The lowest BCUT2D eigenvalue weighted by Gasteiger charge is -2.20. The summed E-state index contributed by atoms with van der Waals surface area (Å²) in [5, 5.41) is 17.7. The van der Waals surface area contributed by atoms with Crippen molar-refractivity contribution >= 4 is 5.97 Å². The fraction of sp³-hybridized carbons (Fsp3) is 0.500. The molecule has 0 aliphatic heterocycles. The van der Waals surface area contributed by atoms with E-state index in [9.17, 15) is 4.79 Å². The van der Waals surface area contributed by atoms with Crippen LogP contribution in [0.2, 0.25) is 0 Å². The van der Waals surface area contributed by atoms with Crippen LogP contribution in [0.1, 0.15) is 24.2 Å². The van der Waals surface area contributed by atoms with Crippen LogP contribution in [0.4, 0.5) is 0 Å². The third-order valence-electron chi connectivity index (χ3n) is 1.88. The molecule has 1 aromatic heterocycles. The predicted octanol–water partition coefficient (Wildman–Crippen LogP) is 1.38. The lowest BCUT2D eigenvalue weighted by atomic mass is 9.97. The molecule has 0 spiro atoms. The molecule has 0 saturated heterocycles. The normalized spacial score (nSPS) is 11.4. The molecule has 0 fully saturated rings. The lowest BCUT2D eigenvalue weighted by molar-refractivity contribution is 0.0660. The van der Waals surface area contributed by atoms with Crippen LogP contribution >= 0.6 is 0 Å². The number of hydrogen-bond donors (Lipinski definition) is 2. The second-order valence-corrected chi connectivity index (χ2v) is 4.04. The number of aromatic carboxylic acids is 1. The van der Waals surface area contributed by atoms with Crippen LogP contribution in [0.25, 0.3) is 0 Å². The van der Waals surface area contributed by atoms with Crippen LogP contribution in [0, 0.1) is 5.41 Å². The van der Waals surface area contributed by atoms with Crippen molar-refractivity contribution in [2.75, 3.05) is 13.2 Å². The standard InChI is InChI=1S/C10H14O5/c1-10(2,5-11)6-15-9-7(8(12)13)3-4-14-9/h3-4,11H,5-6H2,1-2H3,(H,12,13). The molecule has 5 nitrogen and oxygen atoms in total. The topological polar surface area (TPSA) is 79.9 Å². The van der Waals surface area contributed by atoms with Crippen molar-refractivity contribution in [2.24, 2.45) is 5.41 Å². The minimum atomic E-state index is -1.10. The van der Waals surface area contributed by atoms with E-state index in [4.69, 9.17) is 19.4 Å². The van der Waals surface area contributed by atoms with Crippen molar-refractivity contribution in [1.29, 1.82) is 0 Å². The van der Waals surface area contributed by atoms with Gasteiger partial charge in [-0.1, -0.05) is 13.8 Å². The molecule has 5 heteroatoms. The highest BCUT2D eigenvalue weighted by Crippen LogP contribution is 2.22. The smallest absolute Gasteiger partial charge is 0.343 e. The van der Waals surface area contributed by atoms with Gasteiger partial charge in [0.05, 0.1) is 19.5 Å². The molecule has 84 valence electrons. The van der Waals surface area contributed by atoms with Gasteiger partial charge in [0.2, 0.25) is 0 Å². The molecule has 0 aliphatic rings. The molecule has 0 radical (unpaired) electrons. The quantitative estimate of drug-likeness (QED) is 0.773. The minimum absolute atomic E-state index is 0.0104. The average molecular weight is 214 g/mol. The zero-order valence-corrected chi connectivity index (χ0v) is 8.69. The molecular formula is C10H14O5. The Morgan fingerprint density at radius 1 is 1.60 bits per heavy atom. The molecule has 0 aliphatic carbocycles. The van der Waals surface area contributed by atoms with E-state index >= 15 is 0 Å². The number of rotatable bonds is 5. The number of carboxylic acid groups (broad SMARTS) is 1. The summed E-state index contributed by atoms with van der Waals surface area (Å²) in [6.45, 7) is 3.75. The predicted molar refractivity (Wildman–Crippen MR) is 52.0 cm³/mol. The first kappa shape index (κ1) is 11.6. The Morgan fingerprint density at radius 2 is 2.27 bits per heavy atom. The molecule has 0 bridgehead atoms. The van der Waals surface area contributed by atoms with E-state index in [0.29, 0.717) is 0 Å². The molecule has 1 rings (SSSR count). The fourth-order valence-electron chi connectivity index (χ4n) is 0.872. The van der Waals surface area contributed by atoms with Gasteiger partial charge >= 0.3 is 5.97 Å². The van der Waals surface area contributed by atoms with Crippen molar-refractivity contribution in [1.82, 2.24) is 0 Å². The number of carbonyl (C=O) groups is 1. The Balaban J connectivity index is 2.65. The third-order valence-corrected chi connectivity index (χ3v) is 1.88. The van der Waals surface area contributed by atoms with Gasteiger partial charge in [-0.05, 0) is 6.07 Å². The second-order valence-electron chi connectivity index (χ2n) is 4.04. The van der Waals surface area contributed by atoms with Crippen molar-refractivity contribution in [3.8, 4) is 5.95 Å². The molecule has 1 aromatic rings. The van der Waals surface area contributed by atoms with Gasteiger partial charge in [0.1, 0.15) is 5.56 Å².